The number of pyridine rings is 2. The van der Waals surface area contributed by atoms with E-state index in [1.165, 1.54) is 0 Å². The number of nitrogens with one attached hydrogen (secondary N) is 3. The molecular weight excluding hydrogens is 638 g/mol. The van der Waals surface area contributed by atoms with Crippen LogP contribution in [0.1, 0.15) is 54.4 Å². The van der Waals surface area contributed by atoms with Crippen LogP contribution in [0, 0.1) is 0 Å². The fourth-order valence-corrected chi connectivity index (χ4v) is 5.95. The Balaban J connectivity index is 1.25. The van der Waals surface area contributed by atoms with Crippen molar-refractivity contribution in [1.29, 1.82) is 0 Å². The Morgan fingerprint density at radius 2 is 1.22 bits per heavy atom. The minimum Gasteiger partial charge on any atom is -0.445 e. The van der Waals surface area contributed by atoms with Crippen molar-refractivity contribution >= 4 is 18.3 Å². The molecule has 1 aliphatic rings. The lowest BCUT2D eigenvalue weighted by Crippen LogP contribution is -2.54. The molecule has 262 valence electrons. The van der Waals surface area contributed by atoms with Crippen LogP contribution in [0.5, 0.6) is 0 Å². The number of nitrogens with zero attached hydrogens (tertiary/aromatic N) is 2. The summed E-state index contributed by atoms with van der Waals surface area (Å²) in [5.41, 5.74) is 2.04. The van der Waals surface area contributed by atoms with E-state index in [2.05, 4.69) is 25.9 Å². The van der Waals surface area contributed by atoms with Gasteiger partial charge >= 0.3 is 18.3 Å². The van der Waals surface area contributed by atoms with Crippen molar-refractivity contribution in [2.45, 2.75) is 82.1 Å². The van der Waals surface area contributed by atoms with Gasteiger partial charge in [0.15, 0.2) is 5.72 Å². The van der Waals surface area contributed by atoms with Gasteiger partial charge < -0.3 is 30.0 Å². The van der Waals surface area contributed by atoms with E-state index >= 15 is 0 Å². The van der Waals surface area contributed by atoms with Crippen LogP contribution in [0.15, 0.2) is 110 Å². The van der Waals surface area contributed by atoms with Crippen LogP contribution < -0.4 is 16.0 Å². The maximum atomic E-state index is 13.5. The van der Waals surface area contributed by atoms with Crippen molar-refractivity contribution in [3.05, 3.63) is 132 Å². The molecule has 1 aliphatic carbocycles. The van der Waals surface area contributed by atoms with E-state index in [0.29, 0.717) is 19.3 Å². The van der Waals surface area contributed by atoms with E-state index in [9.17, 15) is 19.5 Å². The molecule has 12 nitrogen and oxygen atoms in total. The quantitative estimate of drug-likeness (QED) is 0.0925. The molecule has 2 aromatic heterocycles. The molecule has 2 aromatic carbocycles. The number of aliphatic hydroxyl groups excluding tert-OH is 1. The van der Waals surface area contributed by atoms with Gasteiger partial charge in [0.1, 0.15) is 13.2 Å². The summed E-state index contributed by atoms with van der Waals surface area (Å²) in [5.74, 6) is 0. The number of amides is 3. The zero-order valence-corrected chi connectivity index (χ0v) is 27.8. The zero-order chi connectivity index (χ0) is 35.0. The average Bonchev–Trinajstić information content (AvgIpc) is 3.58. The number of carbonyl (C=O) groups excluding carboxylic acids is 3. The molecule has 0 saturated heterocycles. The summed E-state index contributed by atoms with van der Waals surface area (Å²) in [4.78, 5) is 47.2. The number of aromatic nitrogens is 2. The molecule has 3 amide bonds. The standard InChI is InChI=1S/C38H43N5O7/c44-34(23-32(21-28-11-3-1-4-12-28)41-35(45)48-26-30-15-9-19-39-24-30)33(22-29-13-5-2-6-14-29)42-36(46)50-38(17-7-8-18-38)43-37(47)49-27-31-16-10-20-40-25-31/h1-6,9-16,19-20,24-25,32-34,44H,7-8,17-18,21-23,26-27H2,(H,41,45)(H,42,46)(H,43,47). The van der Waals surface area contributed by atoms with Gasteiger partial charge in [0.05, 0.1) is 12.1 Å². The largest absolute Gasteiger partial charge is 0.445 e. The van der Waals surface area contributed by atoms with E-state index in [1.807, 2.05) is 60.7 Å². The van der Waals surface area contributed by atoms with Gasteiger partial charge in [-0.25, -0.2) is 14.4 Å². The summed E-state index contributed by atoms with van der Waals surface area (Å²) in [7, 11) is 0. The van der Waals surface area contributed by atoms with Gasteiger partial charge in [-0.3, -0.25) is 15.3 Å². The minimum atomic E-state index is -1.26. The highest BCUT2D eigenvalue weighted by Crippen LogP contribution is 2.31. The maximum absolute atomic E-state index is 13.5. The highest BCUT2D eigenvalue weighted by molar-refractivity contribution is 5.71. The number of alkyl carbamates (subject to hydrolysis) is 3. The van der Waals surface area contributed by atoms with E-state index in [4.69, 9.17) is 14.2 Å². The van der Waals surface area contributed by atoms with Crippen LogP contribution in [-0.2, 0) is 40.3 Å². The smallest absolute Gasteiger partial charge is 0.410 e. The number of hydrogen-bond donors (Lipinski definition) is 4. The Morgan fingerprint density at radius 3 is 1.78 bits per heavy atom. The van der Waals surface area contributed by atoms with E-state index < -0.39 is 42.2 Å². The molecule has 3 unspecified atom stereocenters. The summed E-state index contributed by atoms with van der Waals surface area (Å²) in [6, 6.07) is 24.8. The van der Waals surface area contributed by atoms with Gasteiger partial charge in [-0.1, -0.05) is 72.8 Å². The molecule has 0 radical (unpaired) electrons. The number of ether oxygens (including phenoxy) is 3. The Morgan fingerprint density at radius 1 is 0.680 bits per heavy atom. The maximum Gasteiger partial charge on any atom is 0.410 e. The van der Waals surface area contributed by atoms with Gasteiger partial charge in [-0.2, -0.15) is 0 Å². The molecule has 50 heavy (non-hydrogen) atoms. The lowest BCUT2D eigenvalue weighted by atomic mass is 9.94. The van der Waals surface area contributed by atoms with Gasteiger partial charge in [0, 0.05) is 54.8 Å². The van der Waals surface area contributed by atoms with Gasteiger partial charge in [0.2, 0.25) is 0 Å². The second-order valence-corrected chi connectivity index (χ2v) is 12.4. The van der Waals surface area contributed by atoms with Gasteiger partial charge in [-0.05, 0) is 55.4 Å². The first-order chi connectivity index (χ1) is 24.4. The van der Waals surface area contributed by atoms with Crippen molar-refractivity contribution in [3.63, 3.8) is 0 Å². The predicted molar refractivity (Wildman–Crippen MR) is 184 cm³/mol. The number of aliphatic hydroxyl groups is 1. The second kappa shape index (κ2) is 18.3. The molecule has 1 saturated carbocycles. The van der Waals surface area contributed by atoms with E-state index in [-0.39, 0.29) is 26.1 Å². The number of hydrogen-bond acceptors (Lipinski definition) is 9. The fraction of sp³-hybridized carbons (Fsp3) is 0.342. The SMILES string of the molecule is O=C(NC(Cc1ccccc1)CC(O)C(Cc1ccccc1)NC(=O)OC1(NC(=O)OCc2cccnc2)CCCC1)OCc1cccnc1. The first-order valence-corrected chi connectivity index (χ1v) is 16.8. The molecule has 4 N–H and O–H groups in total. The molecule has 0 bridgehead atoms. The van der Waals surface area contributed by atoms with Crippen molar-refractivity contribution in [2.75, 3.05) is 0 Å². The molecule has 3 atom stereocenters. The normalized spacial score (nSPS) is 15.1. The van der Waals surface area contributed by atoms with Crippen LogP contribution in [-0.4, -0.2) is 57.3 Å². The molecule has 5 rings (SSSR count). The second-order valence-electron chi connectivity index (χ2n) is 12.4. The van der Waals surface area contributed by atoms with Gasteiger partial charge in [-0.15, -0.1) is 0 Å². The third-order valence-electron chi connectivity index (χ3n) is 8.45. The van der Waals surface area contributed by atoms with Crippen LogP contribution in [0.3, 0.4) is 0 Å². The lowest BCUT2D eigenvalue weighted by Gasteiger charge is -2.32. The molecule has 0 spiro atoms. The van der Waals surface area contributed by atoms with E-state index in [0.717, 1.165) is 35.1 Å². The molecular formula is C38H43N5O7. The van der Waals surface area contributed by atoms with Crippen LogP contribution in [0.2, 0.25) is 0 Å². The monoisotopic (exact) mass is 681 g/mol. The third-order valence-corrected chi connectivity index (χ3v) is 8.45. The summed E-state index contributed by atoms with van der Waals surface area (Å²) >= 11 is 0. The van der Waals surface area contributed by atoms with E-state index in [1.54, 1.807) is 49.1 Å². The van der Waals surface area contributed by atoms with Gasteiger partial charge in [0.25, 0.3) is 0 Å². The number of benzene rings is 2. The Kier molecular flexibility index (Phi) is 13.1. The zero-order valence-electron chi connectivity index (χ0n) is 27.8. The first kappa shape index (κ1) is 35.8. The predicted octanol–water partition coefficient (Wildman–Crippen LogP) is 5.60. The third kappa shape index (κ3) is 11.6. The van der Waals surface area contributed by atoms with Crippen molar-refractivity contribution < 1.29 is 33.7 Å². The highest BCUT2D eigenvalue weighted by Gasteiger charge is 2.40. The fourth-order valence-electron chi connectivity index (χ4n) is 5.95. The highest BCUT2D eigenvalue weighted by atomic mass is 16.6. The van der Waals surface area contributed by atoms with Crippen molar-refractivity contribution in [3.8, 4) is 0 Å². The van der Waals surface area contributed by atoms with Crippen LogP contribution in [0.25, 0.3) is 0 Å². The lowest BCUT2D eigenvalue weighted by molar-refractivity contribution is -0.0159. The minimum absolute atomic E-state index is 0.0164. The molecule has 4 aromatic rings. The van der Waals surface area contributed by atoms with Crippen molar-refractivity contribution in [2.24, 2.45) is 0 Å². The Labute approximate surface area is 291 Å². The summed E-state index contributed by atoms with van der Waals surface area (Å²) in [6.07, 6.45) is 6.36. The molecule has 0 aliphatic heterocycles. The average molecular weight is 682 g/mol. The molecule has 2 heterocycles. The molecule has 12 heteroatoms. The summed E-state index contributed by atoms with van der Waals surface area (Å²) in [5, 5.41) is 20.2. The van der Waals surface area contributed by atoms with Crippen molar-refractivity contribution in [1.82, 2.24) is 25.9 Å². The first-order valence-electron chi connectivity index (χ1n) is 16.8. The number of carbonyl (C=O) groups is 3. The molecule has 1 fully saturated rings. The van der Waals surface area contributed by atoms with Crippen LogP contribution in [0.4, 0.5) is 14.4 Å². The topological polar surface area (TPSA) is 161 Å². The summed E-state index contributed by atoms with van der Waals surface area (Å²) < 4.78 is 16.7. The summed E-state index contributed by atoms with van der Waals surface area (Å²) in [6.45, 7) is 0.0551. The Hall–Kier alpha value is -5.49. The number of rotatable bonds is 15. The van der Waals surface area contributed by atoms with Crippen LogP contribution >= 0.6 is 0 Å². The Bertz CT molecular complexity index is 1620.